The van der Waals surface area contributed by atoms with Crippen LogP contribution in [0.5, 0.6) is 0 Å². The summed E-state index contributed by atoms with van der Waals surface area (Å²) in [6.07, 6.45) is 15.1. The van der Waals surface area contributed by atoms with Crippen LogP contribution in [0.25, 0.3) is 0 Å². The maximum Gasteiger partial charge on any atom is 0.330 e. The van der Waals surface area contributed by atoms with Crippen molar-refractivity contribution in [2.24, 2.45) is 0 Å². The van der Waals surface area contributed by atoms with E-state index >= 15 is 0 Å². The largest absolute Gasteiger partial charge is 0.466 e. The highest BCUT2D eigenvalue weighted by Gasteiger charge is 2.37. The molecule has 10 heteroatoms. The van der Waals surface area contributed by atoms with Crippen LogP contribution in [0.4, 0.5) is 0 Å². The lowest BCUT2D eigenvalue weighted by Gasteiger charge is -2.46. The van der Waals surface area contributed by atoms with Crippen LogP contribution in [0.3, 0.4) is 0 Å². The zero-order valence-corrected chi connectivity index (χ0v) is 27.7. The van der Waals surface area contributed by atoms with Gasteiger partial charge in [-0.2, -0.15) is 0 Å². The van der Waals surface area contributed by atoms with E-state index in [1.165, 1.54) is 12.2 Å². The van der Waals surface area contributed by atoms with Crippen LogP contribution in [0, 0.1) is 0 Å². The number of unbranched alkanes of at least 4 members (excludes halogenated alkanes) is 10. The van der Waals surface area contributed by atoms with Crippen LogP contribution < -0.4 is 0 Å². The molecule has 1 aliphatic rings. The fourth-order valence-electron chi connectivity index (χ4n) is 5.16. The van der Waals surface area contributed by atoms with E-state index in [1.54, 1.807) is 0 Å². The smallest absolute Gasteiger partial charge is 0.330 e. The molecule has 0 saturated carbocycles. The van der Waals surface area contributed by atoms with E-state index in [1.807, 2.05) is 0 Å². The average Bonchev–Trinajstić information content (AvgIpc) is 3.02. The number of ether oxygens (including phenoxy) is 4. The van der Waals surface area contributed by atoms with Gasteiger partial charge in [-0.3, -0.25) is 9.59 Å². The Hall–Kier alpha value is -2.72. The molecule has 0 atom stereocenters. The first-order valence-electron chi connectivity index (χ1n) is 16.7. The summed E-state index contributed by atoms with van der Waals surface area (Å²) in [5.41, 5.74) is 0. The summed E-state index contributed by atoms with van der Waals surface area (Å²) >= 11 is 0. The first-order valence-corrected chi connectivity index (χ1v) is 16.7. The monoisotopic (exact) mass is 624 g/mol. The Balaban J connectivity index is 2.03. The Labute approximate surface area is 265 Å². The first-order chi connectivity index (χ1) is 21.1. The minimum atomic E-state index is -0.370. The number of quaternary nitrogens is 2. The van der Waals surface area contributed by atoms with Crippen molar-refractivity contribution in [3.63, 3.8) is 0 Å². The van der Waals surface area contributed by atoms with Gasteiger partial charge in [0.05, 0.1) is 66.5 Å². The molecule has 0 unspecified atom stereocenters. The molecule has 0 N–H and O–H groups in total. The van der Waals surface area contributed by atoms with Crippen LogP contribution in [-0.2, 0) is 38.1 Å². The molecular weight excluding hydrogens is 564 g/mol. The molecule has 0 aromatic carbocycles. The lowest BCUT2D eigenvalue weighted by atomic mass is 10.1. The zero-order valence-electron chi connectivity index (χ0n) is 27.7. The van der Waals surface area contributed by atoms with Crippen LogP contribution in [-0.4, -0.2) is 113 Å². The molecule has 1 heterocycles. The van der Waals surface area contributed by atoms with Gasteiger partial charge >= 0.3 is 23.9 Å². The molecule has 0 aromatic heterocycles. The normalized spacial score (nSPS) is 19.5. The van der Waals surface area contributed by atoms with Crippen molar-refractivity contribution < 1.29 is 47.1 Å². The van der Waals surface area contributed by atoms with E-state index in [9.17, 15) is 19.2 Å². The molecule has 0 amide bonds. The van der Waals surface area contributed by atoms with E-state index in [4.69, 9.17) is 18.9 Å². The van der Waals surface area contributed by atoms with E-state index in [0.29, 0.717) is 39.3 Å². The number of hydrogen-bond acceptors (Lipinski definition) is 8. The lowest BCUT2D eigenvalue weighted by Crippen LogP contribution is -2.64. The summed E-state index contributed by atoms with van der Waals surface area (Å²) in [5, 5.41) is 0. The summed E-state index contributed by atoms with van der Waals surface area (Å²) in [5.74, 6) is -0.980. The number of rotatable bonds is 26. The summed E-state index contributed by atoms with van der Waals surface area (Å²) in [6.45, 7) is 14.0. The minimum absolute atomic E-state index is 0.120. The Morgan fingerprint density at radius 2 is 0.773 bits per heavy atom. The van der Waals surface area contributed by atoms with Crippen LogP contribution >= 0.6 is 0 Å². The highest BCUT2D eigenvalue weighted by molar-refractivity contribution is 5.81. The van der Waals surface area contributed by atoms with Crippen molar-refractivity contribution in [3.8, 4) is 0 Å². The molecule has 0 aromatic rings. The highest BCUT2D eigenvalue weighted by atomic mass is 16.5. The molecule has 0 radical (unpaired) electrons. The summed E-state index contributed by atoms with van der Waals surface area (Å²) in [6, 6.07) is 0. The molecular formula is C34H60N2O8+2. The van der Waals surface area contributed by atoms with Crippen LogP contribution in [0.2, 0.25) is 0 Å². The molecule has 1 aliphatic heterocycles. The molecule has 1 rings (SSSR count). The van der Waals surface area contributed by atoms with Gasteiger partial charge in [0.1, 0.15) is 26.2 Å². The van der Waals surface area contributed by atoms with E-state index < -0.39 is 0 Å². The number of hydrogen-bond donors (Lipinski definition) is 0. The number of piperazine rings is 1. The Bertz CT molecular complexity index is 797. The van der Waals surface area contributed by atoms with Crippen molar-refractivity contribution in [3.05, 3.63) is 25.3 Å². The second kappa shape index (κ2) is 23.6. The lowest BCUT2D eigenvalue weighted by molar-refractivity contribution is -1.01. The van der Waals surface area contributed by atoms with Crippen molar-refractivity contribution in [2.75, 3.05) is 79.8 Å². The van der Waals surface area contributed by atoms with Crippen molar-refractivity contribution in [2.45, 2.75) is 89.9 Å². The number of esters is 4. The van der Waals surface area contributed by atoms with Gasteiger partial charge in [-0.05, 0) is 25.7 Å². The molecule has 1 fully saturated rings. The first kappa shape index (κ1) is 39.3. The van der Waals surface area contributed by atoms with Gasteiger partial charge in [-0.25, -0.2) is 9.59 Å². The van der Waals surface area contributed by atoms with E-state index in [-0.39, 0.29) is 23.9 Å². The Kier molecular flexibility index (Phi) is 21.1. The molecule has 1 saturated heterocycles. The maximum atomic E-state index is 12.3. The van der Waals surface area contributed by atoms with Gasteiger partial charge in [0.15, 0.2) is 0 Å². The second-order valence-electron chi connectivity index (χ2n) is 12.5. The average molecular weight is 625 g/mol. The van der Waals surface area contributed by atoms with Crippen LogP contribution in [0.1, 0.15) is 89.9 Å². The predicted octanol–water partition coefficient (Wildman–Crippen LogP) is 4.90. The van der Waals surface area contributed by atoms with Crippen molar-refractivity contribution in [1.82, 2.24) is 0 Å². The minimum Gasteiger partial charge on any atom is -0.466 e. The Morgan fingerprint density at radius 3 is 1.07 bits per heavy atom. The fraction of sp³-hybridized carbons (Fsp3) is 0.765. The number of carbonyl (C=O) groups is 4. The van der Waals surface area contributed by atoms with Gasteiger partial charge in [0.2, 0.25) is 0 Å². The number of carbonyl (C=O) groups excluding carboxylic acids is 4. The fourth-order valence-corrected chi connectivity index (χ4v) is 5.16. The third-order valence-corrected chi connectivity index (χ3v) is 8.50. The number of nitrogens with zero attached hydrogens (tertiary/aromatic N) is 2. The van der Waals surface area contributed by atoms with Gasteiger partial charge in [0, 0.05) is 12.2 Å². The zero-order chi connectivity index (χ0) is 32.5. The third-order valence-electron chi connectivity index (χ3n) is 8.50. The predicted molar refractivity (Wildman–Crippen MR) is 170 cm³/mol. The molecule has 0 spiro atoms. The van der Waals surface area contributed by atoms with Crippen LogP contribution in [0.15, 0.2) is 25.3 Å². The SMILES string of the molecule is C=CC(=O)OCCCCCCCCOC(=O)CC[N+]1(C)CC[N+](C)(CCC(=O)OCCCCCCCCOC(=O)C=C)CC1. The Morgan fingerprint density at radius 1 is 0.500 bits per heavy atom. The molecule has 252 valence electrons. The van der Waals surface area contributed by atoms with Crippen molar-refractivity contribution >= 4 is 23.9 Å². The summed E-state index contributed by atoms with van der Waals surface area (Å²) in [7, 11) is 4.42. The van der Waals surface area contributed by atoms with E-state index in [2.05, 4.69) is 27.3 Å². The summed E-state index contributed by atoms with van der Waals surface area (Å²) < 4.78 is 22.6. The number of likely N-dealkylation sites (N-methyl/N-ethyl adjacent to an activating group) is 2. The van der Waals surface area contributed by atoms with Gasteiger partial charge in [-0.1, -0.05) is 64.5 Å². The van der Waals surface area contributed by atoms with E-state index in [0.717, 1.165) is 125 Å². The molecule has 0 aliphatic carbocycles. The quantitative estimate of drug-likeness (QED) is 0.0440. The molecule has 10 nitrogen and oxygen atoms in total. The van der Waals surface area contributed by atoms with Crippen molar-refractivity contribution in [1.29, 1.82) is 0 Å². The second-order valence-corrected chi connectivity index (χ2v) is 12.5. The standard InChI is InChI=1S/C34H60N2O8/c1-5-31(37)41-27-15-11-7-9-13-17-29-43-33(39)19-21-35(3)23-25-36(4,26-24-35)22-20-34(40)44-30-18-14-10-8-12-16-28-42-32(38)6-2/h5-6H,1-2,7-30H2,3-4H3/q+2. The summed E-state index contributed by atoms with van der Waals surface area (Å²) in [4.78, 5) is 46.5. The molecule has 44 heavy (non-hydrogen) atoms. The molecule has 0 bridgehead atoms. The third kappa shape index (κ3) is 20.3. The van der Waals surface area contributed by atoms with Gasteiger partial charge in [-0.15, -0.1) is 0 Å². The highest BCUT2D eigenvalue weighted by Crippen LogP contribution is 2.18. The topological polar surface area (TPSA) is 105 Å². The van der Waals surface area contributed by atoms with Gasteiger partial charge in [0.25, 0.3) is 0 Å². The van der Waals surface area contributed by atoms with Gasteiger partial charge < -0.3 is 27.9 Å². The maximum absolute atomic E-state index is 12.3.